The summed E-state index contributed by atoms with van der Waals surface area (Å²) in [7, 11) is -4.34. The molecule has 0 aliphatic carbocycles. The third kappa shape index (κ3) is 3.04. The van der Waals surface area contributed by atoms with Crippen LogP contribution in [0.5, 0.6) is 5.75 Å². The molecule has 0 atom stereocenters. The Morgan fingerprint density at radius 3 is 2.30 bits per heavy atom. The molecule has 0 radical (unpaired) electrons. The van der Waals surface area contributed by atoms with Crippen molar-refractivity contribution >= 4 is 21.5 Å². The van der Waals surface area contributed by atoms with E-state index in [0.717, 1.165) is 0 Å². The van der Waals surface area contributed by atoms with Crippen molar-refractivity contribution in [2.45, 2.75) is 11.8 Å². The van der Waals surface area contributed by atoms with Crippen LogP contribution in [-0.4, -0.2) is 23.8 Å². The number of aliphatic imine (C=N–C) groups is 1. The Morgan fingerprint density at radius 2 is 1.65 bits per heavy atom. The van der Waals surface area contributed by atoms with E-state index in [2.05, 4.69) is 4.99 Å². The van der Waals surface area contributed by atoms with Gasteiger partial charge < -0.3 is 5.11 Å². The Morgan fingerprint density at radius 1 is 1.05 bits per heavy atom. The predicted molar refractivity (Wildman–Crippen MR) is 76.2 cm³/mol. The van der Waals surface area contributed by atoms with Gasteiger partial charge in [0.05, 0.1) is 5.69 Å². The molecule has 2 N–H and O–H groups in total. The third-order valence-corrected chi connectivity index (χ3v) is 3.63. The zero-order chi connectivity index (χ0) is 14.8. The van der Waals surface area contributed by atoms with Gasteiger partial charge in [0, 0.05) is 11.3 Å². The van der Waals surface area contributed by atoms with Crippen molar-refractivity contribution in [3.63, 3.8) is 0 Å². The number of hydrogen-bond acceptors (Lipinski definition) is 4. The van der Waals surface area contributed by atoms with Crippen LogP contribution in [0.15, 0.2) is 58.4 Å². The Labute approximate surface area is 117 Å². The van der Waals surface area contributed by atoms with Gasteiger partial charge in [0.2, 0.25) is 0 Å². The highest BCUT2D eigenvalue weighted by Crippen LogP contribution is 2.26. The van der Waals surface area contributed by atoms with Crippen LogP contribution >= 0.6 is 0 Å². The third-order valence-electron chi connectivity index (χ3n) is 2.73. The van der Waals surface area contributed by atoms with Crippen molar-refractivity contribution in [2.75, 3.05) is 0 Å². The first kappa shape index (κ1) is 14.2. The number of nitrogens with zero attached hydrogens (tertiary/aromatic N) is 1. The number of phenolic OH excluding ortho intramolecular Hbond substituents is 1. The molecule has 0 saturated heterocycles. The zero-order valence-electron chi connectivity index (χ0n) is 10.7. The van der Waals surface area contributed by atoms with Crippen molar-refractivity contribution in [3.05, 3.63) is 54.1 Å². The van der Waals surface area contributed by atoms with Gasteiger partial charge in [-0.25, -0.2) is 0 Å². The van der Waals surface area contributed by atoms with Crippen LogP contribution in [0.2, 0.25) is 0 Å². The molecule has 5 nitrogen and oxygen atoms in total. The molecule has 0 aromatic heterocycles. The second kappa shape index (κ2) is 5.44. The quantitative estimate of drug-likeness (QED) is 0.672. The molecule has 20 heavy (non-hydrogen) atoms. The van der Waals surface area contributed by atoms with Crippen LogP contribution < -0.4 is 0 Å². The highest BCUT2D eigenvalue weighted by Gasteiger charge is 2.14. The van der Waals surface area contributed by atoms with Crippen molar-refractivity contribution < 1.29 is 18.1 Å². The Hall–Kier alpha value is -2.18. The smallest absolute Gasteiger partial charge is 0.296 e. The standard InChI is InChI=1S/C14H13NO4S/c1-10(11-6-2-4-8-13(11)16)15-12-7-3-5-9-14(12)20(17,18)19/h2-9,16H,1H3,(H,17,18,19). The van der Waals surface area contributed by atoms with Gasteiger partial charge in [-0.1, -0.05) is 24.3 Å². The Kier molecular flexibility index (Phi) is 3.87. The second-order valence-electron chi connectivity index (χ2n) is 4.16. The van der Waals surface area contributed by atoms with Crippen molar-refractivity contribution in [3.8, 4) is 5.75 Å². The molecule has 0 bridgehead atoms. The van der Waals surface area contributed by atoms with E-state index in [1.165, 1.54) is 24.3 Å². The Bertz CT molecular complexity index is 766. The highest BCUT2D eigenvalue weighted by atomic mass is 32.2. The minimum Gasteiger partial charge on any atom is -0.507 e. The Balaban J connectivity index is 2.55. The van der Waals surface area contributed by atoms with E-state index in [0.29, 0.717) is 11.3 Å². The summed E-state index contributed by atoms with van der Waals surface area (Å²) in [5.74, 6) is 0.0538. The normalized spacial score (nSPS) is 12.4. The lowest BCUT2D eigenvalue weighted by Gasteiger charge is -2.06. The van der Waals surface area contributed by atoms with Crippen LogP contribution in [-0.2, 0) is 10.1 Å². The van der Waals surface area contributed by atoms with E-state index >= 15 is 0 Å². The number of hydrogen-bond donors (Lipinski definition) is 2. The van der Waals surface area contributed by atoms with E-state index in [1.807, 2.05) is 0 Å². The van der Waals surface area contributed by atoms with Crippen molar-refractivity contribution in [1.29, 1.82) is 0 Å². The summed E-state index contributed by atoms with van der Waals surface area (Å²) in [5, 5.41) is 9.74. The van der Waals surface area contributed by atoms with Gasteiger partial charge in [-0.15, -0.1) is 0 Å². The average Bonchev–Trinajstić information content (AvgIpc) is 2.38. The number of para-hydroxylation sites is 2. The largest absolute Gasteiger partial charge is 0.507 e. The molecule has 0 amide bonds. The average molecular weight is 291 g/mol. The van der Waals surface area contributed by atoms with Crippen molar-refractivity contribution in [1.82, 2.24) is 0 Å². The van der Waals surface area contributed by atoms with Gasteiger partial charge >= 0.3 is 0 Å². The molecule has 0 aliphatic rings. The number of phenols is 1. The monoisotopic (exact) mass is 291 g/mol. The molecule has 0 spiro atoms. The molecule has 2 aromatic rings. The summed E-state index contributed by atoms with van der Waals surface area (Å²) in [6, 6.07) is 12.5. The summed E-state index contributed by atoms with van der Waals surface area (Å²) >= 11 is 0. The van der Waals surface area contributed by atoms with Crippen LogP contribution in [0.1, 0.15) is 12.5 Å². The first-order valence-electron chi connectivity index (χ1n) is 5.80. The van der Waals surface area contributed by atoms with Gasteiger partial charge in [0.1, 0.15) is 10.6 Å². The van der Waals surface area contributed by atoms with E-state index in [1.54, 1.807) is 31.2 Å². The van der Waals surface area contributed by atoms with Crippen LogP contribution in [0.4, 0.5) is 5.69 Å². The SMILES string of the molecule is CC(=Nc1ccccc1S(=O)(=O)O)c1ccccc1O. The van der Waals surface area contributed by atoms with Crippen LogP contribution in [0.3, 0.4) is 0 Å². The van der Waals surface area contributed by atoms with Crippen LogP contribution in [0.25, 0.3) is 0 Å². The number of aromatic hydroxyl groups is 1. The molecule has 0 aliphatic heterocycles. The molecule has 2 rings (SSSR count). The van der Waals surface area contributed by atoms with Gasteiger partial charge in [0.25, 0.3) is 10.1 Å². The second-order valence-corrected chi connectivity index (χ2v) is 5.55. The summed E-state index contributed by atoms with van der Waals surface area (Å²) in [6.07, 6.45) is 0. The molecule has 104 valence electrons. The maximum absolute atomic E-state index is 11.3. The summed E-state index contributed by atoms with van der Waals surface area (Å²) < 4.78 is 31.7. The summed E-state index contributed by atoms with van der Waals surface area (Å²) in [6.45, 7) is 1.65. The van der Waals surface area contributed by atoms with Gasteiger partial charge in [-0.05, 0) is 31.2 Å². The predicted octanol–water partition coefficient (Wildman–Crippen LogP) is 2.78. The summed E-state index contributed by atoms with van der Waals surface area (Å²) in [5.41, 5.74) is 1.06. The lowest BCUT2D eigenvalue weighted by atomic mass is 10.1. The molecule has 0 fully saturated rings. The topological polar surface area (TPSA) is 87.0 Å². The molecular weight excluding hydrogens is 278 g/mol. The van der Waals surface area contributed by atoms with E-state index in [-0.39, 0.29) is 16.3 Å². The molecule has 0 saturated carbocycles. The fraction of sp³-hybridized carbons (Fsp3) is 0.0714. The van der Waals surface area contributed by atoms with E-state index in [9.17, 15) is 13.5 Å². The summed E-state index contributed by atoms with van der Waals surface area (Å²) in [4.78, 5) is 3.91. The molecular formula is C14H13NO4S. The number of rotatable bonds is 3. The first-order chi connectivity index (χ1) is 9.39. The maximum Gasteiger partial charge on any atom is 0.296 e. The highest BCUT2D eigenvalue weighted by molar-refractivity contribution is 7.86. The van der Waals surface area contributed by atoms with Gasteiger partial charge in [-0.2, -0.15) is 8.42 Å². The van der Waals surface area contributed by atoms with Crippen LogP contribution in [0, 0.1) is 0 Å². The van der Waals surface area contributed by atoms with E-state index < -0.39 is 10.1 Å². The van der Waals surface area contributed by atoms with Gasteiger partial charge in [0.15, 0.2) is 0 Å². The fourth-order valence-corrected chi connectivity index (χ4v) is 2.42. The zero-order valence-corrected chi connectivity index (χ0v) is 11.5. The first-order valence-corrected chi connectivity index (χ1v) is 7.24. The fourth-order valence-electron chi connectivity index (χ4n) is 1.79. The minimum absolute atomic E-state index is 0.0538. The minimum atomic E-state index is -4.34. The molecule has 2 aromatic carbocycles. The molecule has 0 unspecified atom stereocenters. The molecule has 0 heterocycles. The lowest BCUT2D eigenvalue weighted by molar-refractivity contribution is 0.474. The van der Waals surface area contributed by atoms with Crippen molar-refractivity contribution in [2.24, 2.45) is 4.99 Å². The lowest BCUT2D eigenvalue weighted by Crippen LogP contribution is -2.00. The number of benzene rings is 2. The van der Waals surface area contributed by atoms with E-state index in [4.69, 9.17) is 4.55 Å². The maximum atomic E-state index is 11.3. The molecule has 6 heteroatoms. The van der Waals surface area contributed by atoms with Gasteiger partial charge in [-0.3, -0.25) is 9.55 Å².